The van der Waals surface area contributed by atoms with Gasteiger partial charge in [0.15, 0.2) is 0 Å². The van der Waals surface area contributed by atoms with Crippen molar-refractivity contribution in [2.24, 2.45) is 7.05 Å². The second-order valence-corrected chi connectivity index (χ2v) is 6.21. The first kappa shape index (κ1) is 16.4. The number of sulfonamides is 1. The van der Waals surface area contributed by atoms with Gasteiger partial charge in [-0.05, 0) is 30.3 Å². The first-order valence-corrected chi connectivity index (χ1v) is 7.84. The summed E-state index contributed by atoms with van der Waals surface area (Å²) in [6.45, 7) is -0.632. The van der Waals surface area contributed by atoms with Gasteiger partial charge in [0.25, 0.3) is 6.43 Å². The van der Waals surface area contributed by atoms with Crippen molar-refractivity contribution < 1.29 is 21.9 Å². The van der Waals surface area contributed by atoms with E-state index in [0.717, 1.165) is 0 Å². The molecule has 0 aliphatic carbocycles. The van der Waals surface area contributed by atoms with Gasteiger partial charge in [0.2, 0.25) is 10.0 Å². The van der Waals surface area contributed by atoms with E-state index in [4.69, 9.17) is 4.74 Å². The lowest BCUT2D eigenvalue weighted by Gasteiger charge is -2.09. The van der Waals surface area contributed by atoms with Gasteiger partial charge in [0.1, 0.15) is 12.4 Å². The normalized spacial score (nSPS) is 11.8. The van der Waals surface area contributed by atoms with Crippen LogP contribution < -0.4 is 9.46 Å². The molecule has 0 spiro atoms. The number of hydrogen-bond donors (Lipinski definition) is 1. The highest BCUT2D eigenvalue weighted by molar-refractivity contribution is 7.89. The molecule has 2 rings (SSSR count). The second kappa shape index (κ2) is 6.84. The molecule has 0 bridgehead atoms. The molecule has 1 aromatic heterocycles. The molecule has 22 heavy (non-hydrogen) atoms. The minimum atomic E-state index is -3.70. The van der Waals surface area contributed by atoms with E-state index in [0.29, 0.717) is 5.69 Å². The fraction of sp³-hybridized carbons (Fsp3) is 0.308. The van der Waals surface area contributed by atoms with Crippen LogP contribution in [0.5, 0.6) is 5.75 Å². The topological polar surface area (TPSA) is 73.2 Å². The van der Waals surface area contributed by atoms with E-state index >= 15 is 0 Å². The summed E-state index contributed by atoms with van der Waals surface area (Å²) in [5.74, 6) is 0.186. The zero-order valence-corrected chi connectivity index (χ0v) is 12.6. The van der Waals surface area contributed by atoms with Gasteiger partial charge in [-0.15, -0.1) is 0 Å². The van der Waals surface area contributed by atoms with Crippen molar-refractivity contribution in [1.29, 1.82) is 0 Å². The van der Waals surface area contributed by atoms with E-state index in [2.05, 4.69) is 9.82 Å². The molecule has 1 N–H and O–H groups in total. The maximum atomic E-state index is 12.1. The number of halogens is 2. The predicted molar refractivity (Wildman–Crippen MR) is 75.2 cm³/mol. The van der Waals surface area contributed by atoms with Crippen molar-refractivity contribution in [3.8, 4) is 5.75 Å². The molecule has 0 saturated heterocycles. The standard InChI is InChI=1S/C13H15F2N3O3S/c1-18-10(6-7-16-18)8-17-22(19,20)12-4-2-11(3-5-12)21-9-13(14)15/h2-7,13,17H,8-9H2,1H3. The minimum Gasteiger partial charge on any atom is -0.488 e. The van der Waals surface area contributed by atoms with Crippen molar-refractivity contribution in [2.45, 2.75) is 17.9 Å². The van der Waals surface area contributed by atoms with E-state index < -0.39 is 23.1 Å². The van der Waals surface area contributed by atoms with Crippen LogP contribution in [-0.2, 0) is 23.6 Å². The minimum absolute atomic E-state index is 0.0269. The molecule has 6 nitrogen and oxygen atoms in total. The van der Waals surface area contributed by atoms with Crippen LogP contribution in [0.25, 0.3) is 0 Å². The van der Waals surface area contributed by atoms with Gasteiger partial charge in [-0.2, -0.15) is 5.10 Å². The highest BCUT2D eigenvalue weighted by Crippen LogP contribution is 2.16. The molecule has 2 aromatic rings. The van der Waals surface area contributed by atoms with Crippen LogP contribution >= 0.6 is 0 Å². The largest absolute Gasteiger partial charge is 0.488 e. The number of hydrogen-bond acceptors (Lipinski definition) is 4. The molecule has 0 atom stereocenters. The number of rotatable bonds is 7. The molecular formula is C13H15F2N3O3S. The molecule has 1 heterocycles. The molecule has 120 valence electrons. The van der Waals surface area contributed by atoms with Gasteiger partial charge < -0.3 is 4.74 Å². The Morgan fingerprint density at radius 2 is 1.95 bits per heavy atom. The average Bonchev–Trinajstić information content (AvgIpc) is 2.89. The number of alkyl halides is 2. The lowest BCUT2D eigenvalue weighted by atomic mass is 10.3. The van der Waals surface area contributed by atoms with Crippen LogP contribution in [0.1, 0.15) is 5.69 Å². The Labute approximate surface area is 126 Å². The summed E-state index contributed by atoms with van der Waals surface area (Å²) in [7, 11) is -1.99. The van der Waals surface area contributed by atoms with Crippen LogP contribution in [-0.4, -0.2) is 31.2 Å². The van der Waals surface area contributed by atoms with Gasteiger partial charge in [0.05, 0.1) is 17.1 Å². The third-order valence-electron chi connectivity index (χ3n) is 2.88. The van der Waals surface area contributed by atoms with Crippen molar-refractivity contribution in [1.82, 2.24) is 14.5 Å². The number of nitrogens with zero attached hydrogens (tertiary/aromatic N) is 2. The Hall–Kier alpha value is -2.00. The van der Waals surface area contributed by atoms with Gasteiger partial charge in [-0.25, -0.2) is 21.9 Å². The maximum Gasteiger partial charge on any atom is 0.272 e. The summed E-state index contributed by atoms with van der Waals surface area (Å²) in [4.78, 5) is 0.0269. The molecule has 0 aliphatic rings. The zero-order chi connectivity index (χ0) is 16.2. The van der Waals surface area contributed by atoms with Gasteiger partial charge >= 0.3 is 0 Å². The number of aromatic nitrogens is 2. The fourth-order valence-corrected chi connectivity index (χ4v) is 2.70. The summed E-state index contributed by atoms with van der Waals surface area (Å²) in [5.41, 5.74) is 0.709. The molecule has 0 fully saturated rings. The predicted octanol–water partition coefficient (Wildman–Crippen LogP) is 1.54. The Morgan fingerprint density at radius 3 is 2.50 bits per heavy atom. The number of ether oxygens (including phenoxy) is 1. The quantitative estimate of drug-likeness (QED) is 0.835. The number of aryl methyl sites for hydroxylation is 1. The Balaban J connectivity index is 2.01. The summed E-state index contributed by atoms with van der Waals surface area (Å²) >= 11 is 0. The van der Waals surface area contributed by atoms with Crippen LogP contribution in [0, 0.1) is 0 Å². The molecule has 0 radical (unpaired) electrons. The van der Waals surface area contributed by atoms with E-state index in [1.165, 1.54) is 24.3 Å². The van der Waals surface area contributed by atoms with Gasteiger partial charge in [0, 0.05) is 13.2 Å². The zero-order valence-electron chi connectivity index (χ0n) is 11.7. The van der Waals surface area contributed by atoms with Crippen molar-refractivity contribution >= 4 is 10.0 Å². The Bertz CT molecular complexity index is 714. The lowest BCUT2D eigenvalue weighted by molar-refractivity contribution is 0.0819. The Kier molecular flexibility index (Phi) is 5.09. The Morgan fingerprint density at radius 1 is 1.27 bits per heavy atom. The monoisotopic (exact) mass is 331 g/mol. The van der Waals surface area contributed by atoms with Crippen LogP contribution in [0.15, 0.2) is 41.4 Å². The number of nitrogens with one attached hydrogen (secondary N) is 1. The van der Waals surface area contributed by atoms with E-state index in [1.54, 1.807) is 24.0 Å². The van der Waals surface area contributed by atoms with Gasteiger partial charge in [-0.1, -0.05) is 0 Å². The molecule has 0 unspecified atom stereocenters. The molecule has 0 aliphatic heterocycles. The lowest BCUT2D eigenvalue weighted by Crippen LogP contribution is -2.24. The highest BCUT2D eigenvalue weighted by atomic mass is 32.2. The van der Waals surface area contributed by atoms with Crippen molar-refractivity contribution in [3.63, 3.8) is 0 Å². The van der Waals surface area contributed by atoms with E-state index in [1.807, 2.05) is 0 Å². The number of benzene rings is 1. The van der Waals surface area contributed by atoms with Crippen molar-refractivity contribution in [3.05, 3.63) is 42.2 Å². The summed E-state index contributed by atoms with van der Waals surface area (Å²) in [6, 6.07) is 6.96. The third-order valence-corrected chi connectivity index (χ3v) is 4.29. The van der Waals surface area contributed by atoms with Crippen LogP contribution in [0.3, 0.4) is 0 Å². The third kappa shape index (κ3) is 4.25. The average molecular weight is 331 g/mol. The SMILES string of the molecule is Cn1nccc1CNS(=O)(=O)c1ccc(OCC(F)F)cc1. The van der Waals surface area contributed by atoms with E-state index in [-0.39, 0.29) is 17.2 Å². The smallest absolute Gasteiger partial charge is 0.272 e. The van der Waals surface area contributed by atoms with Crippen LogP contribution in [0.2, 0.25) is 0 Å². The molecule has 0 amide bonds. The summed E-state index contributed by atoms with van der Waals surface area (Å²) in [5, 5.41) is 3.94. The summed E-state index contributed by atoms with van der Waals surface area (Å²) < 4.78 is 57.1. The van der Waals surface area contributed by atoms with Crippen molar-refractivity contribution in [2.75, 3.05) is 6.61 Å². The second-order valence-electron chi connectivity index (χ2n) is 4.44. The molecule has 1 aromatic carbocycles. The van der Waals surface area contributed by atoms with Gasteiger partial charge in [-0.3, -0.25) is 4.68 Å². The molecule has 0 saturated carbocycles. The van der Waals surface area contributed by atoms with E-state index in [9.17, 15) is 17.2 Å². The van der Waals surface area contributed by atoms with Crippen LogP contribution in [0.4, 0.5) is 8.78 Å². The fourth-order valence-electron chi connectivity index (χ4n) is 1.70. The maximum absolute atomic E-state index is 12.1. The molecular weight excluding hydrogens is 316 g/mol. The first-order valence-electron chi connectivity index (χ1n) is 6.36. The summed E-state index contributed by atoms with van der Waals surface area (Å²) in [6.07, 6.45) is -1.01. The highest BCUT2D eigenvalue weighted by Gasteiger charge is 2.14. The first-order chi connectivity index (χ1) is 10.4. The molecule has 9 heteroatoms.